The van der Waals surface area contributed by atoms with Gasteiger partial charge in [0.2, 0.25) is 0 Å². The van der Waals surface area contributed by atoms with E-state index in [9.17, 15) is 4.79 Å². The second-order valence-corrected chi connectivity index (χ2v) is 7.61. The summed E-state index contributed by atoms with van der Waals surface area (Å²) in [7, 11) is 1.67. The summed E-state index contributed by atoms with van der Waals surface area (Å²) in [6.45, 7) is 3.81. The fourth-order valence-electron chi connectivity index (χ4n) is 3.60. The molecule has 0 bridgehead atoms. The van der Waals surface area contributed by atoms with E-state index >= 15 is 0 Å². The zero-order valence-electron chi connectivity index (χ0n) is 15.8. The van der Waals surface area contributed by atoms with Crippen LogP contribution in [0.5, 0.6) is 11.5 Å². The van der Waals surface area contributed by atoms with Crippen molar-refractivity contribution in [3.8, 4) is 22.8 Å². The Bertz CT molecular complexity index is 815. The fourth-order valence-corrected chi connectivity index (χ4v) is 4.01. The quantitative estimate of drug-likeness (QED) is 0.668. The van der Waals surface area contributed by atoms with Crippen LogP contribution in [0.15, 0.2) is 35.3 Å². The van der Waals surface area contributed by atoms with Crippen LogP contribution in [-0.4, -0.2) is 30.3 Å². The van der Waals surface area contributed by atoms with E-state index in [1.54, 1.807) is 19.2 Å². The van der Waals surface area contributed by atoms with Gasteiger partial charge in [0, 0.05) is 30.4 Å². The number of benzene rings is 1. The molecule has 0 N–H and O–H groups in total. The zero-order valence-corrected chi connectivity index (χ0v) is 16.6. The molecule has 0 aliphatic carbocycles. The number of aromatic nitrogens is 1. The Morgan fingerprint density at radius 1 is 1.27 bits per heavy atom. The highest BCUT2D eigenvalue weighted by atomic mass is 32.2. The summed E-state index contributed by atoms with van der Waals surface area (Å²) in [5.74, 6) is 3.06. The van der Waals surface area contributed by atoms with E-state index in [-0.39, 0.29) is 5.43 Å². The standard InChI is InChI=1S/C21H27NO3S/c1-4-15-6-8-22-9-7-16(23)12-19(22)18-14-20(24-2)21(13-17(15)18)25-10-5-11-26-3/h7,9,12-15H,4-6,8,10-11H2,1-3H3. The van der Waals surface area contributed by atoms with E-state index < -0.39 is 0 Å². The van der Waals surface area contributed by atoms with Crippen molar-refractivity contribution in [2.45, 2.75) is 38.6 Å². The number of ether oxygens (including phenoxy) is 2. The molecular weight excluding hydrogens is 346 g/mol. The highest BCUT2D eigenvalue weighted by molar-refractivity contribution is 7.98. The Kier molecular flexibility index (Phi) is 6.30. The van der Waals surface area contributed by atoms with Gasteiger partial charge in [0.15, 0.2) is 16.9 Å². The summed E-state index contributed by atoms with van der Waals surface area (Å²) in [6, 6.07) is 7.54. The Labute approximate surface area is 159 Å². The van der Waals surface area contributed by atoms with Crippen LogP contribution in [0.25, 0.3) is 11.3 Å². The molecule has 0 radical (unpaired) electrons. The number of aryl methyl sites for hydroxylation is 1. The second kappa shape index (κ2) is 8.67. The SMILES string of the molecule is CCC1CCn2ccc(=O)cc2-c2cc(OC)c(OCCCSC)cc21. The van der Waals surface area contributed by atoms with E-state index in [0.29, 0.717) is 12.5 Å². The predicted octanol–water partition coefficient (Wildman–Crippen LogP) is 4.55. The molecule has 1 unspecified atom stereocenters. The minimum atomic E-state index is 0.0357. The van der Waals surface area contributed by atoms with Gasteiger partial charge in [-0.1, -0.05) is 6.92 Å². The van der Waals surface area contributed by atoms with Crippen LogP contribution in [0.4, 0.5) is 0 Å². The molecule has 1 atom stereocenters. The minimum absolute atomic E-state index is 0.0357. The van der Waals surface area contributed by atoms with Gasteiger partial charge >= 0.3 is 0 Å². The molecule has 1 aliphatic heterocycles. The Hall–Kier alpha value is -1.88. The highest BCUT2D eigenvalue weighted by Gasteiger charge is 2.23. The van der Waals surface area contributed by atoms with Crippen molar-refractivity contribution in [3.63, 3.8) is 0 Å². The lowest BCUT2D eigenvalue weighted by Gasteiger charge is -2.19. The smallest absolute Gasteiger partial charge is 0.182 e. The lowest BCUT2D eigenvalue weighted by molar-refractivity contribution is 0.295. The maximum absolute atomic E-state index is 12.0. The minimum Gasteiger partial charge on any atom is -0.493 e. The zero-order chi connectivity index (χ0) is 18.5. The molecule has 0 amide bonds. The largest absolute Gasteiger partial charge is 0.493 e. The van der Waals surface area contributed by atoms with Crippen molar-refractivity contribution >= 4 is 11.8 Å². The van der Waals surface area contributed by atoms with Gasteiger partial charge < -0.3 is 14.0 Å². The normalized spacial score (nSPS) is 15.7. The van der Waals surface area contributed by atoms with Crippen molar-refractivity contribution < 1.29 is 9.47 Å². The van der Waals surface area contributed by atoms with Crippen molar-refractivity contribution in [2.75, 3.05) is 25.7 Å². The van der Waals surface area contributed by atoms with Crippen molar-refractivity contribution in [3.05, 3.63) is 46.2 Å². The van der Waals surface area contributed by atoms with E-state index in [4.69, 9.17) is 9.47 Å². The third kappa shape index (κ3) is 3.93. The van der Waals surface area contributed by atoms with Gasteiger partial charge in [-0.25, -0.2) is 0 Å². The van der Waals surface area contributed by atoms with Crippen LogP contribution in [0.3, 0.4) is 0 Å². The number of nitrogens with zero attached hydrogens (tertiary/aromatic N) is 1. The number of hydrogen-bond donors (Lipinski definition) is 0. The molecule has 1 aromatic heterocycles. The van der Waals surface area contributed by atoms with Crippen molar-refractivity contribution in [1.29, 1.82) is 0 Å². The Morgan fingerprint density at radius 2 is 2.12 bits per heavy atom. The van der Waals surface area contributed by atoms with Gasteiger partial charge in [0.25, 0.3) is 0 Å². The molecule has 4 nitrogen and oxygen atoms in total. The van der Waals surface area contributed by atoms with Crippen molar-refractivity contribution in [2.24, 2.45) is 0 Å². The van der Waals surface area contributed by atoms with Gasteiger partial charge in [0.05, 0.1) is 19.4 Å². The van der Waals surface area contributed by atoms with E-state index in [0.717, 1.165) is 54.3 Å². The monoisotopic (exact) mass is 373 g/mol. The third-order valence-corrected chi connectivity index (χ3v) is 5.72. The van der Waals surface area contributed by atoms with Crippen LogP contribution in [0.2, 0.25) is 0 Å². The maximum Gasteiger partial charge on any atom is 0.182 e. The van der Waals surface area contributed by atoms with Gasteiger partial charge in [0.1, 0.15) is 0 Å². The fraction of sp³-hybridized carbons (Fsp3) is 0.476. The molecule has 0 fully saturated rings. The van der Waals surface area contributed by atoms with E-state index in [1.165, 1.54) is 5.56 Å². The highest BCUT2D eigenvalue weighted by Crippen LogP contribution is 2.42. The van der Waals surface area contributed by atoms with Crippen LogP contribution >= 0.6 is 11.8 Å². The number of thioether (sulfide) groups is 1. The van der Waals surface area contributed by atoms with Gasteiger partial charge in [-0.15, -0.1) is 0 Å². The molecule has 140 valence electrons. The Balaban J connectivity index is 2.06. The number of rotatable bonds is 7. The number of hydrogen-bond acceptors (Lipinski definition) is 4. The average Bonchev–Trinajstić information content (AvgIpc) is 2.80. The van der Waals surface area contributed by atoms with Gasteiger partial charge in [-0.2, -0.15) is 11.8 Å². The maximum atomic E-state index is 12.0. The summed E-state index contributed by atoms with van der Waals surface area (Å²) >= 11 is 1.83. The third-order valence-electron chi connectivity index (χ3n) is 5.02. The first-order chi connectivity index (χ1) is 12.7. The first kappa shape index (κ1) is 18.9. The second-order valence-electron chi connectivity index (χ2n) is 6.62. The van der Waals surface area contributed by atoms with Crippen LogP contribution < -0.4 is 14.9 Å². The molecule has 3 rings (SSSR count). The predicted molar refractivity (Wildman–Crippen MR) is 109 cm³/mol. The first-order valence-electron chi connectivity index (χ1n) is 9.22. The molecule has 2 heterocycles. The van der Waals surface area contributed by atoms with Crippen LogP contribution in [0.1, 0.15) is 37.7 Å². The van der Waals surface area contributed by atoms with E-state index in [2.05, 4.69) is 23.8 Å². The summed E-state index contributed by atoms with van der Waals surface area (Å²) in [5.41, 5.74) is 3.34. The van der Waals surface area contributed by atoms with Gasteiger partial charge in [-0.05, 0) is 54.9 Å². The lowest BCUT2D eigenvalue weighted by Crippen LogP contribution is -2.07. The molecule has 1 aromatic carbocycles. The van der Waals surface area contributed by atoms with Gasteiger partial charge in [-0.3, -0.25) is 4.79 Å². The topological polar surface area (TPSA) is 40.5 Å². The summed E-state index contributed by atoms with van der Waals surface area (Å²) in [5, 5.41) is 0. The molecule has 2 aromatic rings. The summed E-state index contributed by atoms with van der Waals surface area (Å²) in [6.07, 6.45) is 7.13. The molecule has 26 heavy (non-hydrogen) atoms. The van der Waals surface area contributed by atoms with Crippen LogP contribution in [0, 0.1) is 0 Å². The molecule has 0 saturated heterocycles. The molecule has 5 heteroatoms. The number of pyridine rings is 1. The molecule has 0 saturated carbocycles. The summed E-state index contributed by atoms with van der Waals surface area (Å²) in [4.78, 5) is 12.0. The average molecular weight is 374 g/mol. The Morgan fingerprint density at radius 3 is 2.85 bits per heavy atom. The van der Waals surface area contributed by atoms with Crippen molar-refractivity contribution in [1.82, 2.24) is 4.57 Å². The number of fused-ring (bicyclic) bond motifs is 3. The first-order valence-corrected chi connectivity index (χ1v) is 10.6. The van der Waals surface area contributed by atoms with Crippen LogP contribution in [-0.2, 0) is 6.54 Å². The molecule has 0 spiro atoms. The molecule has 1 aliphatic rings. The number of methoxy groups -OCH3 is 1. The lowest BCUT2D eigenvalue weighted by atomic mass is 9.89. The van der Waals surface area contributed by atoms with E-state index in [1.807, 2.05) is 24.0 Å². The molecular formula is C21H27NO3S. The summed E-state index contributed by atoms with van der Waals surface area (Å²) < 4.78 is 13.8.